The minimum absolute atomic E-state index is 0.0226. The van der Waals surface area contributed by atoms with Crippen LogP contribution in [0.15, 0.2) is 39.6 Å². The van der Waals surface area contributed by atoms with Crippen molar-refractivity contribution in [2.45, 2.75) is 39.7 Å². The first-order valence-corrected chi connectivity index (χ1v) is 11.1. The molecule has 0 aliphatic carbocycles. The van der Waals surface area contributed by atoms with Crippen LogP contribution >= 0.6 is 0 Å². The third-order valence-electron chi connectivity index (χ3n) is 5.42. The van der Waals surface area contributed by atoms with Gasteiger partial charge in [-0.15, -0.1) is 0 Å². The van der Waals surface area contributed by atoms with E-state index in [-0.39, 0.29) is 40.6 Å². The molecule has 0 spiro atoms. The van der Waals surface area contributed by atoms with E-state index in [2.05, 4.69) is 4.98 Å². The van der Waals surface area contributed by atoms with Crippen molar-refractivity contribution in [1.82, 2.24) is 9.88 Å². The molecule has 1 aromatic carbocycles. The monoisotopic (exact) mass is 465 g/mol. The van der Waals surface area contributed by atoms with E-state index in [0.717, 1.165) is 11.1 Å². The lowest BCUT2D eigenvalue weighted by atomic mass is 9.98. The number of aromatic nitrogens is 1. The number of esters is 1. The summed E-state index contributed by atoms with van der Waals surface area (Å²) in [6, 6.07) is 6.70. The van der Waals surface area contributed by atoms with Gasteiger partial charge in [0.05, 0.1) is 17.4 Å². The molecule has 0 saturated heterocycles. The zero-order chi connectivity index (χ0) is 24.6. The first-order chi connectivity index (χ1) is 16.1. The quantitative estimate of drug-likeness (QED) is 0.452. The van der Waals surface area contributed by atoms with Gasteiger partial charge in [-0.3, -0.25) is 4.79 Å². The average Bonchev–Trinajstić information content (AvgIpc) is 2.78. The molecule has 1 aliphatic heterocycles. The lowest BCUT2D eigenvalue weighted by molar-refractivity contribution is 0.0270. The summed E-state index contributed by atoms with van der Waals surface area (Å²) in [5, 5.41) is 0.512. The maximum absolute atomic E-state index is 13.3. The number of ether oxygens (including phenoxy) is 2. The van der Waals surface area contributed by atoms with Crippen LogP contribution in [-0.4, -0.2) is 47.2 Å². The fourth-order valence-corrected chi connectivity index (χ4v) is 3.79. The van der Waals surface area contributed by atoms with Gasteiger partial charge in [-0.25, -0.2) is 9.59 Å². The zero-order valence-corrected chi connectivity index (χ0v) is 19.6. The Morgan fingerprint density at radius 2 is 1.97 bits per heavy atom. The highest BCUT2D eigenvalue weighted by Gasteiger charge is 2.24. The van der Waals surface area contributed by atoms with E-state index < -0.39 is 11.6 Å². The van der Waals surface area contributed by atoms with E-state index in [4.69, 9.17) is 19.6 Å². The van der Waals surface area contributed by atoms with Crippen molar-refractivity contribution in [1.29, 1.82) is 0 Å². The van der Waals surface area contributed by atoms with E-state index in [0.29, 0.717) is 30.5 Å². The number of hydrogen-bond donors (Lipinski definition) is 1. The van der Waals surface area contributed by atoms with Crippen LogP contribution in [0.4, 0.5) is 10.6 Å². The fraction of sp³-hybridized carbons (Fsp3) is 0.360. The van der Waals surface area contributed by atoms with Gasteiger partial charge in [0.15, 0.2) is 0 Å². The molecule has 0 radical (unpaired) electrons. The number of hydrogen-bond acceptors (Lipinski definition) is 8. The molecule has 0 atom stereocenters. The van der Waals surface area contributed by atoms with Gasteiger partial charge in [0.2, 0.25) is 11.1 Å². The normalized spacial score (nSPS) is 14.2. The minimum Gasteiger partial charge on any atom is -0.462 e. The first-order valence-electron chi connectivity index (χ1n) is 11.1. The lowest BCUT2D eigenvalue weighted by Gasteiger charge is -2.29. The molecule has 0 saturated carbocycles. The van der Waals surface area contributed by atoms with Crippen molar-refractivity contribution >= 4 is 45.5 Å². The molecule has 1 amide bonds. The van der Waals surface area contributed by atoms with Gasteiger partial charge in [0, 0.05) is 13.1 Å². The zero-order valence-electron chi connectivity index (χ0n) is 19.6. The lowest BCUT2D eigenvalue weighted by Crippen LogP contribution is -2.39. The van der Waals surface area contributed by atoms with Gasteiger partial charge in [-0.05, 0) is 63.5 Å². The van der Waals surface area contributed by atoms with Crippen LogP contribution in [0.3, 0.4) is 0 Å². The highest BCUT2D eigenvalue weighted by molar-refractivity contribution is 5.99. The number of benzene rings is 1. The number of pyridine rings is 1. The summed E-state index contributed by atoms with van der Waals surface area (Å²) in [6.45, 7) is 8.28. The molecule has 2 aromatic heterocycles. The second-order valence-corrected chi connectivity index (χ2v) is 9.04. The number of anilines is 1. The molecule has 0 unspecified atom stereocenters. The van der Waals surface area contributed by atoms with Crippen LogP contribution in [0.2, 0.25) is 0 Å². The minimum atomic E-state index is -0.649. The highest BCUT2D eigenvalue weighted by atomic mass is 16.6. The Balaban J connectivity index is 1.68. The van der Waals surface area contributed by atoms with Gasteiger partial charge in [-0.2, -0.15) is 4.98 Å². The largest absolute Gasteiger partial charge is 0.462 e. The third-order valence-corrected chi connectivity index (χ3v) is 5.42. The molecule has 178 valence electrons. The second kappa shape index (κ2) is 8.81. The Morgan fingerprint density at radius 1 is 1.21 bits per heavy atom. The molecular formula is C25H27N3O6. The predicted octanol–water partition coefficient (Wildman–Crippen LogP) is 4.12. The summed E-state index contributed by atoms with van der Waals surface area (Å²) < 4.78 is 16.2. The smallest absolute Gasteiger partial charge is 0.410 e. The van der Waals surface area contributed by atoms with Gasteiger partial charge in [-0.1, -0.05) is 12.1 Å². The molecule has 1 aliphatic rings. The summed E-state index contributed by atoms with van der Waals surface area (Å²) in [4.78, 5) is 43.5. The fourth-order valence-electron chi connectivity index (χ4n) is 3.79. The average molecular weight is 466 g/mol. The van der Waals surface area contributed by atoms with E-state index in [1.54, 1.807) is 24.0 Å². The van der Waals surface area contributed by atoms with Gasteiger partial charge in [0.25, 0.3) is 0 Å². The molecule has 4 rings (SSSR count). The van der Waals surface area contributed by atoms with Crippen molar-refractivity contribution in [2.75, 3.05) is 25.4 Å². The van der Waals surface area contributed by atoms with E-state index in [9.17, 15) is 14.4 Å². The van der Waals surface area contributed by atoms with Crippen LogP contribution in [-0.2, 0) is 9.47 Å². The molecule has 2 N–H and O–H groups in total. The Hall–Kier alpha value is -3.88. The van der Waals surface area contributed by atoms with E-state index in [1.165, 1.54) is 6.07 Å². The molecule has 3 aromatic rings. The topological polar surface area (TPSA) is 125 Å². The van der Waals surface area contributed by atoms with Crippen molar-refractivity contribution < 1.29 is 23.5 Å². The Labute approximate surface area is 196 Å². The van der Waals surface area contributed by atoms with E-state index >= 15 is 0 Å². The maximum Gasteiger partial charge on any atom is 0.410 e. The summed E-state index contributed by atoms with van der Waals surface area (Å²) in [6.07, 6.45) is 2.23. The molecule has 34 heavy (non-hydrogen) atoms. The Kier molecular flexibility index (Phi) is 6.03. The van der Waals surface area contributed by atoms with E-state index in [1.807, 2.05) is 32.9 Å². The van der Waals surface area contributed by atoms with Crippen molar-refractivity contribution in [2.24, 2.45) is 0 Å². The number of nitrogen functional groups attached to an aromatic ring is 1. The maximum atomic E-state index is 13.3. The number of rotatable bonds is 3. The van der Waals surface area contributed by atoms with Crippen molar-refractivity contribution in [3.63, 3.8) is 0 Å². The summed E-state index contributed by atoms with van der Waals surface area (Å²) in [5.74, 6) is -0.712. The molecule has 0 fully saturated rings. The summed E-state index contributed by atoms with van der Waals surface area (Å²) >= 11 is 0. The Morgan fingerprint density at radius 3 is 2.62 bits per heavy atom. The molecule has 0 bridgehead atoms. The number of fused-ring (bicyclic) bond motifs is 2. The second-order valence-electron chi connectivity index (χ2n) is 9.04. The highest BCUT2D eigenvalue weighted by Crippen LogP contribution is 2.27. The number of amides is 1. The van der Waals surface area contributed by atoms with Gasteiger partial charge in [0.1, 0.15) is 22.6 Å². The number of nitrogens with two attached hydrogens (primary N) is 1. The first kappa shape index (κ1) is 23.3. The number of carbonyl (C=O) groups excluding carboxylic acids is 2. The van der Waals surface area contributed by atoms with Crippen LogP contribution in [0.1, 0.15) is 50.0 Å². The summed E-state index contributed by atoms with van der Waals surface area (Å²) in [5.41, 5.74) is 7.33. The number of carbonyl (C=O) groups is 2. The van der Waals surface area contributed by atoms with Crippen LogP contribution in [0.5, 0.6) is 0 Å². The van der Waals surface area contributed by atoms with Crippen LogP contribution in [0, 0.1) is 0 Å². The standard InChI is InChI=1S/C25H27N3O6/c1-5-32-23(30)18-13-17-20(29)16-12-15(6-7-19(16)33-22(17)27-21(18)26)14-8-10-28(11-9-14)24(31)34-25(2,3)4/h6-8,12-13H,5,9-11H2,1-4H3,(H2,26,27). The Bertz CT molecular complexity index is 1380. The molecular weight excluding hydrogens is 438 g/mol. The van der Waals surface area contributed by atoms with Crippen LogP contribution in [0.25, 0.3) is 27.6 Å². The SMILES string of the molecule is CCOC(=O)c1cc2c(=O)c3cc(C4=CCN(C(=O)OC(C)(C)C)CC4)ccc3oc2nc1N. The molecule has 3 heterocycles. The van der Waals surface area contributed by atoms with Gasteiger partial charge < -0.3 is 24.5 Å². The molecule has 9 nitrogen and oxygen atoms in total. The summed E-state index contributed by atoms with van der Waals surface area (Å²) in [7, 11) is 0. The number of nitrogens with zero attached hydrogens (tertiary/aromatic N) is 2. The van der Waals surface area contributed by atoms with Gasteiger partial charge >= 0.3 is 12.1 Å². The van der Waals surface area contributed by atoms with Crippen molar-refractivity contribution in [3.8, 4) is 0 Å². The third kappa shape index (κ3) is 4.59. The molecule has 9 heteroatoms. The predicted molar refractivity (Wildman–Crippen MR) is 129 cm³/mol. The van der Waals surface area contributed by atoms with Crippen molar-refractivity contribution in [3.05, 3.63) is 51.7 Å². The van der Waals surface area contributed by atoms with Crippen LogP contribution < -0.4 is 11.2 Å².